The highest BCUT2D eigenvalue weighted by molar-refractivity contribution is 9.10. The van der Waals surface area contributed by atoms with E-state index in [1.54, 1.807) is 4.68 Å². The summed E-state index contributed by atoms with van der Waals surface area (Å²) in [6, 6.07) is 7.93. The first-order valence-corrected chi connectivity index (χ1v) is 7.46. The topological polar surface area (TPSA) is 34.9 Å². The average molecular weight is 356 g/mol. The molecular weight excluding hydrogens is 340 g/mol. The Labute approximate surface area is 132 Å². The Bertz CT molecular complexity index is 644. The van der Waals surface area contributed by atoms with Gasteiger partial charge in [0.25, 0.3) is 0 Å². The van der Waals surface area contributed by atoms with E-state index in [1.165, 1.54) is 0 Å². The fourth-order valence-electron chi connectivity index (χ4n) is 2.03. The standard InChI is InChI=1S/C15H16BrClN2O/c1-15(2,3)13-12(9-20)14(17)19(18-13)8-10-5-4-6-11(16)7-10/h4-7,9H,8H2,1-3H3. The number of hydrogen-bond donors (Lipinski definition) is 0. The van der Waals surface area contributed by atoms with Crippen molar-refractivity contribution in [1.29, 1.82) is 0 Å². The highest BCUT2D eigenvalue weighted by Crippen LogP contribution is 2.29. The predicted molar refractivity (Wildman–Crippen MR) is 84.6 cm³/mol. The maximum absolute atomic E-state index is 11.3. The van der Waals surface area contributed by atoms with Gasteiger partial charge in [-0.3, -0.25) is 4.79 Å². The molecule has 0 saturated carbocycles. The summed E-state index contributed by atoms with van der Waals surface area (Å²) in [5, 5.41) is 4.91. The minimum absolute atomic E-state index is 0.220. The molecule has 106 valence electrons. The maximum atomic E-state index is 11.3. The zero-order valence-corrected chi connectivity index (χ0v) is 14.0. The van der Waals surface area contributed by atoms with Gasteiger partial charge in [-0.1, -0.05) is 60.4 Å². The molecule has 1 heterocycles. The maximum Gasteiger partial charge on any atom is 0.155 e. The number of rotatable bonds is 3. The van der Waals surface area contributed by atoms with Crippen LogP contribution >= 0.6 is 27.5 Å². The van der Waals surface area contributed by atoms with Crippen LogP contribution in [0, 0.1) is 0 Å². The van der Waals surface area contributed by atoms with Crippen LogP contribution in [0.5, 0.6) is 0 Å². The minimum Gasteiger partial charge on any atom is -0.298 e. The molecule has 3 nitrogen and oxygen atoms in total. The Hall–Kier alpha value is -1.13. The summed E-state index contributed by atoms with van der Waals surface area (Å²) < 4.78 is 2.68. The molecule has 20 heavy (non-hydrogen) atoms. The predicted octanol–water partition coefficient (Wildman–Crippen LogP) is 4.46. The molecule has 0 unspecified atom stereocenters. The molecule has 0 aliphatic rings. The minimum atomic E-state index is -0.220. The Balaban J connectivity index is 2.43. The summed E-state index contributed by atoms with van der Waals surface area (Å²) in [6.07, 6.45) is 0.785. The van der Waals surface area contributed by atoms with Gasteiger partial charge in [-0.15, -0.1) is 0 Å². The largest absolute Gasteiger partial charge is 0.298 e. The SMILES string of the molecule is CC(C)(C)c1nn(Cc2cccc(Br)c2)c(Cl)c1C=O. The number of benzene rings is 1. The van der Waals surface area contributed by atoms with E-state index in [2.05, 4.69) is 21.0 Å². The third-order valence-electron chi connectivity index (χ3n) is 2.97. The molecule has 2 aromatic rings. The molecule has 5 heteroatoms. The van der Waals surface area contributed by atoms with Crippen molar-refractivity contribution in [3.63, 3.8) is 0 Å². The van der Waals surface area contributed by atoms with Crippen molar-refractivity contribution in [1.82, 2.24) is 9.78 Å². The molecule has 2 rings (SSSR count). The van der Waals surface area contributed by atoms with Gasteiger partial charge >= 0.3 is 0 Å². The van der Waals surface area contributed by atoms with E-state index in [1.807, 2.05) is 45.0 Å². The fourth-order valence-corrected chi connectivity index (χ4v) is 2.70. The molecule has 0 bridgehead atoms. The summed E-state index contributed by atoms with van der Waals surface area (Å²) in [5.41, 5.74) is 2.06. The van der Waals surface area contributed by atoms with Gasteiger partial charge in [-0.05, 0) is 17.7 Å². The number of hydrogen-bond acceptors (Lipinski definition) is 2. The Morgan fingerprint density at radius 2 is 2.10 bits per heavy atom. The van der Waals surface area contributed by atoms with Crippen molar-refractivity contribution in [2.24, 2.45) is 0 Å². The molecule has 0 aliphatic carbocycles. The van der Waals surface area contributed by atoms with E-state index in [0.29, 0.717) is 17.3 Å². The van der Waals surface area contributed by atoms with Gasteiger partial charge in [0.15, 0.2) is 6.29 Å². The van der Waals surface area contributed by atoms with Crippen LogP contribution in [0.1, 0.15) is 42.4 Å². The van der Waals surface area contributed by atoms with Crippen LogP contribution < -0.4 is 0 Å². The Morgan fingerprint density at radius 3 is 2.60 bits per heavy atom. The summed E-state index contributed by atoms with van der Waals surface area (Å²) in [5.74, 6) is 0. The van der Waals surface area contributed by atoms with Crippen LogP contribution in [0.4, 0.5) is 0 Å². The van der Waals surface area contributed by atoms with Gasteiger partial charge in [-0.2, -0.15) is 5.10 Å². The molecular formula is C15H16BrClN2O. The lowest BCUT2D eigenvalue weighted by Gasteiger charge is -2.15. The van der Waals surface area contributed by atoms with Crippen LogP contribution in [0.3, 0.4) is 0 Å². The third-order valence-corrected chi connectivity index (χ3v) is 3.87. The van der Waals surface area contributed by atoms with Gasteiger partial charge in [0.1, 0.15) is 5.15 Å². The van der Waals surface area contributed by atoms with Crippen molar-refractivity contribution in [2.75, 3.05) is 0 Å². The zero-order valence-electron chi connectivity index (χ0n) is 11.7. The van der Waals surface area contributed by atoms with Crippen LogP contribution in [0.2, 0.25) is 5.15 Å². The lowest BCUT2D eigenvalue weighted by atomic mass is 9.90. The summed E-state index contributed by atoms with van der Waals surface area (Å²) >= 11 is 9.72. The Morgan fingerprint density at radius 1 is 1.40 bits per heavy atom. The normalized spacial score (nSPS) is 11.7. The van der Waals surface area contributed by atoms with Gasteiger partial charge < -0.3 is 0 Å². The summed E-state index contributed by atoms with van der Waals surface area (Å²) in [6.45, 7) is 6.58. The smallest absolute Gasteiger partial charge is 0.155 e. The van der Waals surface area contributed by atoms with E-state index in [4.69, 9.17) is 11.6 Å². The van der Waals surface area contributed by atoms with E-state index >= 15 is 0 Å². The molecule has 0 N–H and O–H groups in total. The first-order chi connectivity index (χ1) is 9.32. The number of carbonyl (C=O) groups is 1. The second-order valence-electron chi connectivity index (χ2n) is 5.71. The Kier molecular flexibility index (Phi) is 4.35. The van der Waals surface area contributed by atoms with Gasteiger partial charge in [0, 0.05) is 9.89 Å². The second kappa shape index (κ2) is 5.70. The first-order valence-electron chi connectivity index (χ1n) is 6.29. The molecule has 0 fully saturated rings. The zero-order chi connectivity index (χ0) is 14.9. The highest BCUT2D eigenvalue weighted by atomic mass is 79.9. The first kappa shape index (κ1) is 15.3. The van der Waals surface area contributed by atoms with E-state index in [0.717, 1.165) is 22.0 Å². The van der Waals surface area contributed by atoms with Crippen LogP contribution in [0.25, 0.3) is 0 Å². The lowest BCUT2D eigenvalue weighted by Crippen LogP contribution is -2.15. The monoisotopic (exact) mass is 354 g/mol. The number of aldehydes is 1. The van der Waals surface area contributed by atoms with Crippen molar-refractivity contribution >= 4 is 33.8 Å². The molecule has 0 atom stereocenters. The van der Waals surface area contributed by atoms with Crippen molar-refractivity contribution in [3.8, 4) is 0 Å². The van der Waals surface area contributed by atoms with Crippen LogP contribution in [-0.2, 0) is 12.0 Å². The molecule has 1 aromatic heterocycles. The second-order valence-corrected chi connectivity index (χ2v) is 6.98. The van der Waals surface area contributed by atoms with E-state index in [9.17, 15) is 4.79 Å². The van der Waals surface area contributed by atoms with Crippen LogP contribution in [0.15, 0.2) is 28.7 Å². The average Bonchev–Trinajstić information content (AvgIpc) is 2.66. The number of nitrogens with zero attached hydrogens (tertiary/aromatic N) is 2. The summed E-state index contributed by atoms with van der Waals surface area (Å²) in [4.78, 5) is 11.3. The molecule has 0 saturated heterocycles. The van der Waals surface area contributed by atoms with Crippen molar-refractivity contribution < 1.29 is 4.79 Å². The van der Waals surface area contributed by atoms with Crippen molar-refractivity contribution in [2.45, 2.75) is 32.7 Å². The number of carbonyl (C=O) groups excluding carboxylic acids is 1. The highest BCUT2D eigenvalue weighted by Gasteiger charge is 2.25. The van der Waals surface area contributed by atoms with Crippen molar-refractivity contribution in [3.05, 3.63) is 50.7 Å². The molecule has 0 radical (unpaired) electrons. The van der Waals surface area contributed by atoms with Gasteiger partial charge in [0.05, 0.1) is 17.8 Å². The summed E-state index contributed by atoms with van der Waals surface area (Å²) in [7, 11) is 0. The molecule has 0 amide bonds. The van der Waals surface area contributed by atoms with Crippen LogP contribution in [-0.4, -0.2) is 16.1 Å². The third kappa shape index (κ3) is 3.13. The molecule has 0 spiro atoms. The number of halogens is 2. The van der Waals surface area contributed by atoms with E-state index in [-0.39, 0.29) is 5.41 Å². The fraction of sp³-hybridized carbons (Fsp3) is 0.333. The van der Waals surface area contributed by atoms with E-state index < -0.39 is 0 Å². The lowest BCUT2D eigenvalue weighted by molar-refractivity contribution is 0.112. The number of aromatic nitrogens is 2. The quantitative estimate of drug-likeness (QED) is 0.762. The molecule has 1 aromatic carbocycles. The van der Waals surface area contributed by atoms with Gasteiger partial charge in [0.2, 0.25) is 0 Å². The van der Waals surface area contributed by atoms with Gasteiger partial charge in [-0.25, -0.2) is 4.68 Å². The molecule has 0 aliphatic heterocycles.